The fourth-order valence-electron chi connectivity index (χ4n) is 3.14. The van der Waals surface area contributed by atoms with Gasteiger partial charge < -0.3 is 10.2 Å². The Morgan fingerprint density at radius 2 is 1.50 bits per heavy atom. The Hall–Kier alpha value is -3.57. The van der Waals surface area contributed by atoms with Gasteiger partial charge in [-0.05, 0) is 24.3 Å². The minimum atomic E-state index is -0.436. The van der Waals surface area contributed by atoms with E-state index in [1.807, 2.05) is 0 Å². The number of aromatic hydroxyl groups is 2. The topological polar surface area (TPSA) is 79.5 Å². The van der Waals surface area contributed by atoms with E-state index in [9.17, 15) is 19.8 Å². The first-order chi connectivity index (χ1) is 13.5. The molecular weight excluding hydrogens is 378 g/mol. The van der Waals surface area contributed by atoms with Crippen molar-refractivity contribution in [2.75, 3.05) is 0 Å². The van der Waals surface area contributed by atoms with Crippen molar-refractivity contribution in [2.24, 2.45) is 0 Å². The second-order valence-electron chi connectivity index (χ2n) is 6.24. The van der Waals surface area contributed by atoms with Gasteiger partial charge in [0.1, 0.15) is 0 Å². The third-order valence-electron chi connectivity index (χ3n) is 4.48. The molecule has 0 aliphatic rings. The predicted molar refractivity (Wildman–Crippen MR) is 108 cm³/mol. The van der Waals surface area contributed by atoms with Gasteiger partial charge in [0.2, 0.25) is 0 Å². The number of fused-ring (bicyclic) bond motifs is 1. The third kappa shape index (κ3) is 2.92. The summed E-state index contributed by atoms with van der Waals surface area (Å²) in [4.78, 5) is 26.0. The highest BCUT2D eigenvalue weighted by atomic mass is 35.5. The van der Waals surface area contributed by atoms with Crippen molar-refractivity contribution in [3.05, 3.63) is 93.6 Å². The van der Waals surface area contributed by atoms with E-state index in [0.29, 0.717) is 21.8 Å². The van der Waals surface area contributed by atoms with E-state index in [1.165, 1.54) is 16.7 Å². The zero-order valence-corrected chi connectivity index (χ0v) is 15.2. The van der Waals surface area contributed by atoms with Crippen LogP contribution in [-0.4, -0.2) is 20.7 Å². The first-order valence-electron chi connectivity index (χ1n) is 8.44. The molecule has 5 nitrogen and oxygen atoms in total. The van der Waals surface area contributed by atoms with E-state index in [1.54, 1.807) is 54.6 Å². The molecule has 3 aromatic carbocycles. The van der Waals surface area contributed by atoms with Crippen LogP contribution in [0.5, 0.6) is 11.5 Å². The zero-order chi connectivity index (χ0) is 19.8. The smallest absolute Gasteiger partial charge is 0.262 e. The number of carbonyl (C=O) groups excluding carboxylic acids is 1. The molecule has 0 bridgehead atoms. The average Bonchev–Trinajstić information content (AvgIpc) is 2.70. The molecule has 0 saturated carbocycles. The highest BCUT2D eigenvalue weighted by Crippen LogP contribution is 2.33. The summed E-state index contributed by atoms with van der Waals surface area (Å²) >= 11 is 6.33. The Morgan fingerprint density at radius 1 is 0.857 bits per heavy atom. The van der Waals surface area contributed by atoms with Crippen LogP contribution in [0, 0.1) is 0 Å². The Labute approximate surface area is 164 Å². The number of phenols is 2. The van der Waals surface area contributed by atoms with Gasteiger partial charge in [-0.15, -0.1) is 0 Å². The number of benzene rings is 3. The summed E-state index contributed by atoms with van der Waals surface area (Å²) in [6.45, 7) is 0. The summed E-state index contributed by atoms with van der Waals surface area (Å²) in [6, 6.07) is 19.1. The monoisotopic (exact) mass is 391 g/mol. The van der Waals surface area contributed by atoms with Gasteiger partial charge in [0, 0.05) is 28.3 Å². The summed E-state index contributed by atoms with van der Waals surface area (Å²) in [6.07, 6.45) is 0. The highest BCUT2D eigenvalue weighted by Gasteiger charge is 2.20. The lowest BCUT2D eigenvalue weighted by molar-refractivity contribution is 0.0966. The lowest BCUT2D eigenvalue weighted by atomic mass is 10.1. The number of nitrogens with zero attached hydrogens (tertiary/aromatic N) is 1. The Morgan fingerprint density at radius 3 is 2.21 bits per heavy atom. The molecule has 0 atom stereocenters. The molecule has 0 aliphatic carbocycles. The van der Waals surface area contributed by atoms with Crippen LogP contribution in [-0.2, 0) is 0 Å². The molecule has 1 heterocycles. The summed E-state index contributed by atoms with van der Waals surface area (Å²) < 4.78 is 1.33. The Bertz CT molecular complexity index is 1280. The quantitative estimate of drug-likeness (QED) is 0.496. The molecular formula is C22H14ClNO4. The van der Waals surface area contributed by atoms with Gasteiger partial charge in [-0.3, -0.25) is 14.2 Å². The van der Waals surface area contributed by atoms with Gasteiger partial charge in [-0.25, -0.2) is 0 Å². The molecule has 1 aromatic heterocycles. The molecule has 138 valence electrons. The van der Waals surface area contributed by atoms with Crippen LogP contribution in [0.25, 0.3) is 22.2 Å². The van der Waals surface area contributed by atoms with E-state index >= 15 is 0 Å². The van der Waals surface area contributed by atoms with Gasteiger partial charge in [0.15, 0.2) is 16.9 Å². The van der Waals surface area contributed by atoms with Crippen LogP contribution in [0.15, 0.2) is 77.6 Å². The number of rotatable bonds is 2. The number of aromatic nitrogens is 1. The average molecular weight is 392 g/mol. The van der Waals surface area contributed by atoms with Gasteiger partial charge >= 0.3 is 0 Å². The molecule has 0 radical (unpaired) electrons. The van der Waals surface area contributed by atoms with Crippen LogP contribution in [0.1, 0.15) is 10.4 Å². The van der Waals surface area contributed by atoms with Gasteiger partial charge in [-0.1, -0.05) is 48.0 Å². The lowest BCUT2D eigenvalue weighted by Gasteiger charge is -2.17. The molecule has 0 amide bonds. The minimum absolute atomic E-state index is 0.107. The highest BCUT2D eigenvalue weighted by molar-refractivity contribution is 6.33. The number of phenolic OH excluding ortho intramolecular Hbond substituents is 2. The maximum Gasteiger partial charge on any atom is 0.262 e. The van der Waals surface area contributed by atoms with E-state index < -0.39 is 22.8 Å². The zero-order valence-electron chi connectivity index (χ0n) is 14.5. The van der Waals surface area contributed by atoms with Crippen molar-refractivity contribution < 1.29 is 15.0 Å². The summed E-state index contributed by atoms with van der Waals surface area (Å²) in [5, 5.41) is 20.3. The molecule has 0 fully saturated rings. The van der Waals surface area contributed by atoms with E-state index in [2.05, 4.69) is 0 Å². The first kappa shape index (κ1) is 17.8. The number of hydrogen-bond donors (Lipinski definition) is 2. The van der Waals surface area contributed by atoms with Crippen molar-refractivity contribution >= 4 is 28.4 Å². The fourth-order valence-corrected chi connectivity index (χ4v) is 3.37. The SMILES string of the molecule is O=C(c1ccccc1)n1c(-c2ccccc2Cl)cc(=O)c2cc(O)c(O)cc21. The maximum absolute atomic E-state index is 13.3. The van der Waals surface area contributed by atoms with Crippen LogP contribution in [0.2, 0.25) is 5.02 Å². The van der Waals surface area contributed by atoms with Crippen molar-refractivity contribution in [1.82, 2.24) is 4.57 Å². The van der Waals surface area contributed by atoms with Crippen LogP contribution >= 0.6 is 11.6 Å². The summed E-state index contributed by atoms with van der Waals surface area (Å²) in [5.74, 6) is -1.27. The molecule has 2 N–H and O–H groups in total. The molecule has 4 rings (SSSR count). The number of hydrogen-bond acceptors (Lipinski definition) is 4. The van der Waals surface area contributed by atoms with E-state index in [-0.39, 0.29) is 10.9 Å². The first-order valence-corrected chi connectivity index (χ1v) is 8.81. The third-order valence-corrected chi connectivity index (χ3v) is 4.81. The van der Waals surface area contributed by atoms with Crippen LogP contribution in [0.3, 0.4) is 0 Å². The minimum Gasteiger partial charge on any atom is -0.504 e. The second kappa shape index (κ2) is 6.87. The molecule has 6 heteroatoms. The summed E-state index contributed by atoms with van der Waals surface area (Å²) in [7, 11) is 0. The normalized spacial score (nSPS) is 10.9. The van der Waals surface area contributed by atoms with E-state index in [4.69, 9.17) is 11.6 Å². The van der Waals surface area contributed by atoms with Crippen LogP contribution in [0.4, 0.5) is 0 Å². The standard InChI is InChI=1S/C22H14ClNO4/c23-16-9-5-4-8-14(16)17-11-19(25)15-10-20(26)21(27)12-18(15)24(17)22(28)13-6-2-1-3-7-13/h1-12,26-27H. The maximum atomic E-state index is 13.3. The fraction of sp³-hybridized carbons (Fsp3) is 0. The molecule has 0 saturated heterocycles. The molecule has 0 aliphatic heterocycles. The number of pyridine rings is 1. The molecule has 0 spiro atoms. The molecule has 28 heavy (non-hydrogen) atoms. The van der Waals surface area contributed by atoms with Gasteiger partial charge in [0.25, 0.3) is 5.91 Å². The van der Waals surface area contributed by atoms with E-state index in [0.717, 1.165) is 6.07 Å². The Balaban J connectivity index is 2.15. The Kier molecular flexibility index (Phi) is 4.37. The second-order valence-corrected chi connectivity index (χ2v) is 6.65. The van der Waals surface area contributed by atoms with Gasteiger partial charge in [0.05, 0.1) is 16.6 Å². The molecule has 0 unspecified atom stereocenters. The van der Waals surface area contributed by atoms with Crippen LogP contribution < -0.4 is 5.43 Å². The molecule has 4 aromatic rings. The largest absolute Gasteiger partial charge is 0.504 e. The van der Waals surface area contributed by atoms with Crippen molar-refractivity contribution in [3.63, 3.8) is 0 Å². The lowest BCUT2D eigenvalue weighted by Crippen LogP contribution is -2.19. The summed E-state index contributed by atoms with van der Waals surface area (Å²) in [5.41, 5.74) is 0.958. The number of carbonyl (C=O) groups is 1. The van der Waals surface area contributed by atoms with Crippen molar-refractivity contribution in [1.29, 1.82) is 0 Å². The predicted octanol–water partition coefficient (Wildman–Crippen LogP) is 4.42. The van der Waals surface area contributed by atoms with Gasteiger partial charge in [-0.2, -0.15) is 0 Å². The number of halogens is 1. The van der Waals surface area contributed by atoms with Crippen molar-refractivity contribution in [2.45, 2.75) is 0 Å². The van der Waals surface area contributed by atoms with Crippen molar-refractivity contribution in [3.8, 4) is 22.8 Å².